The van der Waals surface area contributed by atoms with Crippen molar-refractivity contribution in [3.8, 4) is 11.5 Å². The van der Waals surface area contributed by atoms with Crippen molar-refractivity contribution in [1.29, 1.82) is 0 Å². The Morgan fingerprint density at radius 2 is 1.72 bits per heavy atom. The summed E-state index contributed by atoms with van der Waals surface area (Å²) in [5, 5.41) is 0. The van der Waals surface area contributed by atoms with Gasteiger partial charge in [-0.1, -0.05) is 33.8 Å². The van der Waals surface area contributed by atoms with Crippen LogP contribution in [0.5, 0.6) is 11.5 Å². The molecule has 1 aromatic rings. The van der Waals surface area contributed by atoms with Gasteiger partial charge in [0, 0.05) is 12.8 Å². The molecule has 4 heteroatoms. The van der Waals surface area contributed by atoms with E-state index in [1.54, 1.807) is 6.08 Å². The minimum absolute atomic E-state index is 0.0839. The molecular formula is C21H28O4. The van der Waals surface area contributed by atoms with Crippen LogP contribution in [0.2, 0.25) is 0 Å². The number of allylic oxidation sites excluding steroid dienone is 1. The fourth-order valence-corrected chi connectivity index (χ4v) is 2.86. The Morgan fingerprint density at radius 1 is 1.08 bits per heavy atom. The monoisotopic (exact) mass is 344 g/mol. The van der Waals surface area contributed by atoms with E-state index in [4.69, 9.17) is 9.47 Å². The second-order valence-corrected chi connectivity index (χ2v) is 7.77. The molecule has 2 rings (SSSR count). The minimum Gasteiger partial charge on any atom is -0.490 e. The summed E-state index contributed by atoms with van der Waals surface area (Å²) in [5.41, 5.74) is 0.811. The van der Waals surface area contributed by atoms with E-state index in [0.29, 0.717) is 43.5 Å². The summed E-state index contributed by atoms with van der Waals surface area (Å²) in [4.78, 5) is 24.7. The maximum Gasteiger partial charge on any atom is 0.167 e. The quantitative estimate of drug-likeness (QED) is 0.565. The van der Waals surface area contributed by atoms with E-state index < -0.39 is 0 Å². The topological polar surface area (TPSA) is 52.6 Å². The van der Waals surface area contributed by atoms with Crippen molar-refractivity contribution in [3.05, 3.63) is 29.3 Å². The molecule has 25 heavy (non-hydrogen) atoms. The van der Waals surface area contributed by atoms with Crippen LogP contribution in [-0.2, 0) is 9.59 Å². The average molecular weight is 344 g/mol. The highest BCUT2D eigenvalue weighted by Gasteiger charge is 2.35. The van der Waals surface area contributed by atoms with Crippen molar-refractivity contribution >= 4 is 17.6 Å². The molecule has 4 nitrogen and oxygen atoms in total. The lowest BCUT2D eigenvalue weighted by Crippen LogP contribution is -2.31. The summed E-state index contributed by atoms with van der Waals surface area (Å²) in [6.45, 7) is 11.1. The third-order valence-electron chi connectivity index (χ3n) is 4.03. The Morgan fingerprint density at radius 3 is 2.28 bits per heavy atom. The number of carbonyl (C=O) groups is 2. The van der Waals surface area contributed by atoms with Gasteiger partial charge < -0.3 is 9.47 Å². The molecule has 1 fully saturated rings. The molecule has 1 aliphatic carbocycles. The van der Waals surface area contributed by atoms with Gasteiger partial charge in [-0.15, -0.1) is 0 Å². The summed E-state index contributed by atoms with van der Waals surface area (Å²) in [6.07, 6.45) is 2.48. The van der Waals surface area contributed by atoms with Crippen LogP contribution in [0, 0.1) is 11.3 Å². The molecule has 0 heterocycles. The molecule has 0 atom stereocenters. The number of Topliss-reactive ketones (excluding diaryl/α,β-unsaturated/α-hetero) is 2. The lowest BCUT2D eigenvalue weighted by molar-refractivity contribution is -0.127. The first-order chi connectivity index (χ1) is 11.7. The first kappa shape index (κ1) is 19.2. The second-order valence-electron chi connectivity index (χ2n) is 7.77. The van der Waals surface area contributed by atoms with E-state index in [1.165, 1.54) is 0 Å². The molecule has 0 aromatic heterocycles. The fraction of sp³-hybridized carbons (Fsp3) is 0.524. The number of carbonyl (C=O) groups excluding carboxylic acids is 2. The maximum atomic E-state index is 12.3. The van der Waals surface area contributed by atoms with E-state index >= 15 is 0 Å². The van der Waals surface area contributed by atoms with Crippen LogP contribution in [0.25, 0.3) is 6.08 Å². The van der Waals surface area contributed by atoms with Gasteiger partial charge in [-0.25, -0.2) is 0 Å². The molecule has 0 aliphatic heterocycles. The third kappa shape index (κ3) is 5.18. The normalized spacial score (nSPS) is 17.0. The van der Waals surface area contributed by atoms with Gasteiger partial charge in [-0.05, 0) is 42.0 Å². The van der Waals surface area contributed by atoms with Gasteiger partial charge >= 0.3 is 0 Å². The molecule has 0 radical (unpaired) electrons. The lowest BCUT2D eigenvalue weighted by Gasteiger charge is -2.28. The van der Waals surface area contributed by atoms with Crippen LogP contribution in [0.4, 0.5) is 0 Å². The van der Waals surface area contributed by atoms with E-state index in [1.807, 2.05) is 39.0 Å². The molecular weight excluding hydrogens is 316 g/mol. The van der Waals surface area contributed by atoms with Crippen LogP contribution in [0.15, 0.2) is 23.8 Å². The number of ether oxygens (including phenoxy) is 2. The van der Waals surface area contributed by atoms with Gasteiger partial charge in [-0.3, -0.25) is 9.59 Å². The predicted molar refractivity (Wildman–Crippen MR) is 99.0 cm³/mol. The summed E-state index contributed by atoms with van der Waals surface area (Å²) in [5.74, 6) is 1.56. The third-order valence-corrected chi connectivity index (χ3v) is 4.03. The maximum absolute atomic E-state index is 12.3. The Balaban J connectivity index is 2.28. The van der Waals surface area contributed by atoms with Crippen molar-refractivity contribution in [1.82, 2.24) is 0 Å². The van der Waals surface area contributed by atoms with Gasteiger partial charge in [0.2, 0.25) is 0 Å². The summed E-state index contributed by atoms with van der Waals surface area (Å²) in [7, 11) is 0. The highest BCUT2D eigenvalue weighted by atomic mass is 16.5. The number of rotatable bonds is 6. The van der Waals surface area contributed by atoms with Gasteiger partial charge in [0.1, 0.15) is 0 Å². The van der Waals surface area contributed by atoms with Crippen molar-refractivity contribution in [2.24, 2.45) is 11.3 Å². The van der Waals surface area contributed by atoms with Crippen LogP contribution < -0.4 is 9.47 Å². The van der Waals surface area contributed by atoms with Gasteiger partial charge in [0.25, 0.3) is 0 Å². The van der Waals surface area contributed by atoms with E-state index in [0.717, 1.165) is 5.56 Å². The van der Waals surface area contributed by atoms with E-state index in [-0.39, 0.29) is 22.6 Å². The average Bonchev–Trinajstić information content (AvgIpc) is 2.49. The molecule has 1 saturated carbocycles. The van der Waals surface area contributed by atoms with Crippen molar-refractivity contribution in [2.45, 2.75) is 47.5 Å². The smallest absolute Gasteiger partial charge is 0.167 e. The van der Waals surface area contributed by atoms with Gasteiger partial charge in [-0.2, -0.15) is 0 Å². The van der Waals surface area contributed by atoms with Crippen LogP contribution in [-0.4, -0.2) is 24.8 Å². The Labute approximate surface area is 150 Å². The SMILES string of the molecule is CCOc1cc(C=C2C(=O)CC(C)(C)CC2=O)ccc1OCC(C)C. The second kappa shape index (κ2) is 7.85. The molecule has 0 unspecified atom stereocenters. The van der Waals surface area contributed by atoms with Crippen LogP contribution in [0.3, 0.4) is 0 Å². The highest BCUT2D eigenvalue weighted by molar-refractivity contribution is 6.25. The number of hydrogen-bond donors (Lipinski definition) is 0. The number of benzene rings is 1. The molecule has 0 bridgehead atoms. The van der Waals surface area contributed by atoms with Gasteiger partial charge in [0.15, 0.2) is 23.1 Å². The minimum atomic E-state index is -0.253. The largest absolute Gasteiger partial charge is 0.490 e. The zero-order chi connectivity index (χ0) is 18.6. The molecule has 0 N–H and O–H groups in total. The Kier molecular flexibility index (Phi) is 6.04. The van der Waals surface area contributed by atoms with Crippen molar-refractivity contribution < 1.29 is 19.1 Å². The fourth-order valence-electron chi connectivity index (χ4n) is 2.86. The standard InChI is InChI=1S/C21H28O4/c1-6-24-20-10-15(7-8-19(20)25-13-14(2)3)9-16-17(22)11-21(4,5)12-18(16)23/h7-10,14H,6,11-13H2,1-5H3. The summed E-state index contributed by atoms with van der Waals surface area (Å²) < 4.78 is 11.4. The molecule has 136 valence electrons. The number of ketones is 2. The zero-order valence-electron chi connectivity index (χ0n) is 15.8. The van der Waals surface area contributed by atoms with Crippen LogP contribution in [0.1, 0.15) is 53.0 Å². The predicted octanol–water partition coefficient (Wildman–Crippen LogP) is 4.46. The van der Waals surface area contributed by atoms with E-state index in [9.17, 15) is 9.59 Å². The molecule has 0 saturated heterocycles. The van der Waals surface area contributed by atoms with Crippen molar-refractivity contribution in [2.75, 3.05) is 13.2 Å². The number of hydrogen-bond acceptors (Lipinski definition) is 4. The molecule has 0 spiro atoms. The zero-order valence-corrected chi connectivity index (χ0v) is 15.8. The highest BCUT2D eigenvalue weighted by Crippen LogP contribution is 2.35. The molecule has 1 aromatic carbocycles. The molecule has 0 amide bonds. The lowest BCUT2D eigenvalue weighted by atomic mass is 9.74. The summed E-state index contributed by atoms with van der Waals surface area (Å²) in [6, 6.07) is 5.51. The van der Waals surface area contributed by atoms with Crippen molar-refractivity contribution in [3.63, 3.8) is 0 Å². The Bertz CT molecular complexity index is 661. The van der Waals surface area contributed by atoms with E-state index in [2.05, 4.69) is 13.8 Å². The Hall–Kier alpha value is -2.10. The first-order valence-corrected chi connectivity index (χ1v) is 8.89. The van der Waals surface area contributed by atoms with Crippen LogP contribution >= 0.6 is 0 Å². The molecule has 1 aliphatic rings. The first-order valence-electron chi connectivity index (χ1n) is 8.89. The van der Waals surface area contributed by atoms with Gasteiger partial charge in [0.05, 0.1) is 18.8 Å². The summed E-state index contributed by atoms with van der Waals surface area (Å²) >= 11 is 0.